The first-order valence-electron chi connectivity index (χ1n) is 6.24. The predicted molar refractivity (Wildman–Crippen MR) is 68.2 cm³/mol. The molecule has 0 spiro atoms. The fourth-order valence-electron chi connectivity index (χ4n) is 2.37. The summed E-state index contributed by atoms with van der Waals surface area (Å²) in [6.45, 7) is 4.66. The van der Waals surface area contributed by atoms with Gasteiger partial charge in [-0.2, -0.15) is 0 Å². The molecule has 8 heteroatoms. The maximum Gasteiger partial charge on any atom is 0.221 e. The molecule has 2 heterocycles. The molecule has 0 unspecified atom stereocenters. The molecule has 0 amide bonds. The van der Waals surface area contributed by atoms with Gasteiger partial charge in [0.15, 0.2) is 0 Å². The van der Waals surface area contributed by atoms with Crippen molar-refractivity contribution in [2.24, 2.45) is 5.92 Å². The number of nitrogens with zero attached hydrogens (tertiary/aromatic N) is 3. The van der Waals surface area contributed by atoms with Crippen LogP contribution >= 0.6 is 0 Å². The molecular formula is C11H19N3O4S. The summed E-state index contributed by atoms with van der Waals surface area (Å²) in [4.78, 5) is 0. The summed E-state index contributed by atoms with van der Waals surface area (Å²) in [5.74, 6) is 1.03. The third-order valence-electron chi connectivity index (χ3n) is 3.41. The summed E-state index contributed by atoms with van der Waals surface area (Å²) in [7, 11) is -1.59. The van der Waals surface area contributed by atoms with Crippen LogP contribution in [0.4, 0.5) is 0 Å². The molecular weight excluding hydrogens is 270 g/mol. The summed E-state index contributed by atoms with van der Waals surface area (Å²) in [5, 5.41) is 7.82. The van der Waals surface area contributed by atoms with E-state index in [1.54, 1.807) is 21.0 Å². The first-order chi connectivity index (χ1) is 8.97. The van der Waals surface area contributed by atoms with Crippen molar-refractivity contribution in [2.75, 3.05) is 32.6 Å². The monoisotopic (exact) mass is 289 g/mol. The Labute approximate surface area is 113 Å². The third kappa shape index (κ3) is 2.96. The summed E-state index contributed by atoms with van der Waals surface area (Å²) < 4.78 is 36.0. The van der Waals surface area contributed by atoms with Crippen molar-refractivity contribution >= 4 is 10.0 Å². The Morgan fingerprint density at radius 2 is 2.16 bits per heavy atom. The molecule has 0 bridgehead atoms. The van der Waals surface area contributed by atoms with Crippen LogP contribution in [0.5, 0.6) is 0 Å². The molecule has 2 atom stereocenters. The highest BCUT2D eigenvalue weighted by Crippen LogP contribution is 2.33. The fourth-order valence-corrected chi connectivity index (χ4v) is 3.54. The van der Waals surface area contributed by atoms with E-state index in [1.165, 1.54) is 4.31 Å². The molecule has 108 valence electrons. The van der Waals surface area contributed by atoms with E-state index in [0.717, 1.165) is 0 Å². The van der Waals surface area contributed by atoms with E-state index < -0.39 is 10.0 Å². The maximum atomic E-state index is 12.0. The number of hydrogen-bond donors (Lipinski definition) is 0. The van der Waals surface area contributed by atoms with Crippen LogP contribution < -0.4 is 0 Å². The Morgan fingerprint density at radius 1 is 1.42 bits per heavy atom. The standard InChI is InChI=1S/C11H19N3O4S/c1-4-19(15,16)14-5-9(7-17-3)10(6-14)11-13-12-8(2)18-11/h9-10H,4-7H2,1-3H3/t9-,10+/m0/s1. The highest BCUT2D eigenvalue weighted by Gasteiger charge is 2.41. The smallest absolute Gasteiger partial charge is 0.221 e. The number of hydrogen-bond acceptors (Lipinski definition) is 6. The van der Waals surface area contributed by atoms with Crippen molar-refractivity contribution in [3.05, 3.63) is 11.8 Å². The third-order valence-corrected chi connectivity index (χ3v) is 5.22. The Kier molecular flexibility index (Phi) is 4.22. The van der Waals surface area contributed by atoms with Gasteiger partial charge in [0.1, 0.15) is 0 Å². The van der Waals surface area contributed by atoms with Gasteiger partial charge in [0.2, 0.25) is 21.8 Å². The van der Waals surface area contributed by atoms with Crippen molar-refractivity contribution in [1.82, 2.24) is 14.5 Å². The lowest BCUT2D eigenvalue weighted by molar-refractivity contribution is 0.146. The van der Waals surface area contributed by atoms with Crippen molar-refractivity contribution < 1.29 is 17.6 Å². The summed E-state index contributed by atoms with van der Waals surface area (Å²) in [5.41, 5.74) is 0. The van der Waals surface area contributed by atoms with E-state index >= 15 is 0 Å². The average Bonchev–Trinajstić information content (AvgIpc) is 2.96. The van der Waals surface area contributed by atoms with E-state index in [1.807, 2.05) is 0 Å². The van der Waals surface area contributed by atoms with Crippen molar-refractivity contribution in [2.45, 2.75) is 19.8 Å². The van der Waals surface area contributed by atoms with Gasteiger partial charge in [-0.05, 0) is 6.92 Å². The Balaban J connectivity index is 2.22. The SMILES string of the molecule is CCS(=O)(=O)N1C[C@@H](COC)[C@H](c2nnc(C)o2)C1. The second-order valence-electron chi connectivity index (χ2n) is 4.70. The molecule has 0 N–H and O–H groups in total. The lowest BCUT2D eigenvalue weighted by atomic mass is 9.97. The number of rotatable bonds is 5. The van der Waals surface area contributed by atoms with Gasteiger partial charge < -0.3 is 9.15 Å². The molecule has 0 saturated carbocycles. The van der Waals surface area contributed by atoms with Crippen LogP contribution in [-0.2, 0) is 14.8 Å². The van der Waals surface area contributed by atoms with E-state index in [-0.39, 0.29) is 17.6 Å². The second-order valence-corrected chi connectivity index (χ2v) is 6.96. The van der Waals surface area contributed by atoms with Crippen molar-refractivity contribution in [3.63, 3.8) is 0 Å². The van der Waals surface area contributed by atoms with Gasteiger partial charge in [0, 0.05) is 33.0 Å². The molecule has 19 heavy (non-hydrogen) atoms. The Bertz CT molecular complexity index is 528. The van der Waals surface area contributed by atoms with Crippen LogP contribution in [0.15, 0.2) is 4.42 Å². The topological polar surface area (TPSA) is 85.5 Å². The van der Waals surface area contributed by atoms with Crippen molar-refractivity contribution in [3.8, 4) is 0 Å². The number of aryl methyl sites for hydroxylation is 1. The highest BCUT2D eigenvalue weighted by molar-refractivity contribution is 7.89. The van der Waals surface area contributed by atoms with Crippen molar-refractivity contribution in [1.29, 1.82) is 0 Å². The lowest BCUT2D eigenvalue weighted by Crippen LogP contribution is -2.30. The van der Waals surface area contributed by atoms with Gasteiger partial charge in [-0.1, -0.05) is 0 Å². The highest BCUT2D eigenvalue weighted by atomic mass is 32.2. The molecule has 1 aromatic rings. The minimum Gasteiger partial charge on any atom is -0.425 e. The van der Waals surface area contributed by atoms with Crippen LogP contribution in [0.1, 0.15) is 24.6 Å². The Hall–Kier alpha value is -0.990. The first-order valence-corrected chi connectivity index (χ1v) is 7.85. The minimum atomic E-state index is -3.20. The lowest BCUT2D eigenvalue weighted by Gasteiger charge is -2.14. The van der Waals surface area contributed by atoms with Crippen LogP contribution in [0.2, 0.25) is 0 Å². The van der Waals surface area contributed by atoms with Crippen LogP contribution in [0.3, 0.4) is 0 Å². The van der Waals surface area contributed by atoms with Gasteiger partial charge in [-0.3, -0.25) is 0 Å². The van der Waals surface area contributed by atoms with E-state index in [4.69, 9.17) is 9.15 Å². The molecule has 0 radical (unpaired) electrons. The zero-order valence-electron chi connectivity index (χ0n) is 11.4. The zero-order valence-corrected chi connectivity index (χ0v) is 12.2. The molecule has 0 aromatic carbocycles. The second kappa shape index (κ2) is 5.56. The number of methoxy groups -OCH3 is 1. The van der Waals surface area contributed by atoms with E-state index in [0.29, 0.717) is 31.5 Å². The quantitative estimate of drug-likeness (QED) is 0.779. The van der Waals surface area contributed by atoms with Crippen LogP contribution in [0, 0.1) is 12.8 Å². The minimum absolute atomic E-state index is 0.0474. The number of ether oxygens (including phenoxy) is 1. The number of aromatic nitrogens is 2. The van der Waals surface area contributed by atoms with E-state index in [2.05, 4.69) is 10.2 Å². The summed E-state index contributed by atoms with van der Waals surface area (Å²) in [6.07, 6.45) is 0. The van der Waals surface area contributed by atoms with Gasteiger partial charge in [-0.15, -0.1) is 10.2 Å². The van der Waals surface area contributed by atoms with Gasteiger partial charge in [0.25, 0.3) is 0 Å². The Morgan fingerprint density at radius 3 is 2.68 bits per heavy atom. The molecule has 1 fully saturated rings. The maximum absolute atomic E-state index is 12.0. The first kappa shape index (κ1) is 14.4. The van der Waals surface area contributed by atoms with E-state index in [9.17, 15) is 8.42 Å². The van der Waals surface area contributed by atoms with Crippen LogP contribution in [-0.4, -0.2) is 55.5 Å². The summed E-state index contributed by atoms with van der Waals surface area (Å²) >= 11 is 0. The zero-order chi connectivity index (χ0) is 14.0. The molecule has 7 nitrogen and oxygen atoms in total. The molecule has 2 rings (SSSR count). The molecule has 1 aromatic heterocycles. The van der Waals surface area contributed by atoms with Gasteiger partial charge in [-0.25, -0.2) is 12.7 Å². The molecule has 0 aliphatic carbocycles. The fraction of sp³-hybridized carbons (Fsp3) is 0.818. The van der Waals surface area contributed by atoms with Gasteiger partial charge >= 0.3 is 0 Å². The number of sulfonamides is 1. The molecule has 1 aliphatic heterocycles. The largest absolute Gasteiger partial charge is 0.425 e. The normalized spacial score (nSPS) is 25.0. The summed E-state index contributed by atoms with van der Waals surface area (Å²) in [6, 6.07) is 0. The molecule has 1 saturated heterocycles. The van der Waals surface area contributed by atoms with Gasteiger partial charge in [0.05, 0.1) is 18.3 Å². The van der Waals surface area contributed by atoms with Crippen LogP contribution in [0.25, 0.3) is 0 Å². The average molecular weight is 289 g/mol. The predicted octanol–water partition coefficient (Wildman–Crippen LogP) is 0.390. The molecule has 1 aliphatic rings.